The fraction of sp³-hybridized carbons (Fsp3) is 0.636. The highest BCUT2D eigenvalue weighted by molar-refractivity contribution is 5.81. The molecule has 0 saturated carbocycles. The molecular formula is C11H16O4. The Balaban J connectivity index is 2.74. The third-order valence-electron chi connectivity index (χ3n) is 2.64. The molecule has 1 aliphatic carbocycles. The number of esters is 1. The van der Waals surface area contributed by atoms with E-state index in [1.807, 2.05) is 6.08 Å². The SMILES string of the molecule is COC(=O)C(CC(=O)O)C1=CCCCC1. The van der Waals surface area contributed by atoms with E-state index in [9.17, 15) is 9.59 Å². The first-order chi connectivity index (χ1) is 7.15. The summed E-state index contributed by atoms with van der Waals surface area (Å²) in [5, 5.41) is 8.72. The normalized spacial score (nSPS) is 17.8. The Morgan fingerprint density at radius 3 is 2.73 bits per heavy atom. The fourth-order valence-corrected chi connectivity index (χ4v) is 1.86. The van der Waals surface area contributed by atoms with Crippen molar-refractivity contribution >= 4 is 11.9 Å². The van der Waals surface area contributed by atoms with E-state index in [0.717, 1.165) is 31.3 Å². The van der Waals surface area contributed by atoms with Gasteiger partial charge in [-0.15, -0.1) is 0 Å². The van der Waals surface area contributed by atoms with Crippen LogP contribution in [0.4, 0.5) is 0 Å². The third kappa shape index (κ3) is 3.38. The first kappa shape index (κ1) is 11.8. The highest BCUT2D eigenvalue weighted by Crippen LogP contribution is 2.27. The van der Waals surface area contributed by atoms with Crippen LogP contribution in [0.15, 0.2) is 11.6 Å². The van der Waals surface area contributed by atoms with Gasteiger partial charge in [0, 0.05) is 0 Å². The van der Waals surface area contributed by atoms with Crippen molar-refractivity contribution in [1.29, 1.82) is 0 Å². The van der Waals surface area contributed by atoms with Crippen molar-refractivity contribution in [1.82, 2.24) is 0 Å². The molecule has 1 rings (SSSR count). The lowest BCUT2D eigenvalue weighted by molar-refractivity contribution is -0.149. The van der Waals surface area contributed by atoms with Gasteiger partial charge in [-0.3, -0.25) is 9.59 Å². The topological polar surface area (TPSA) is 63.6 Å². The second kappa shape index (κ2) is 5.53. The van der Waals surface area contributed by atoms with Crippen LogP contribution < -0.4 is 0 Å². The van der Waals surface area contributed by atoms with Crippen molar-refractivity contribution in [3.8, 4) is 0 Å². The van der Waals surface area contributed by atoms with E-state index in [0.29, 0.717) is 0 Å². The number of carboxylic acids is 1. The van der Waals surface area contributed by atoms with Crippen LogP contribution in [-0.4, -0.2) is 24.2 Å². The molecule has 0 spiro atoms. The van der Waals surface area contributed by atoms with Crippen molar-refractivity contribution in [3.05, 3.63) is 11.6 Å². The van der Waals surface area contributed by atoms with Gasteiger partial charge in [0.05, 0.1) is 19.4 Å². The number of allylic oxidation sites excluding steroid dienone is 1. The summed E-state index contributed by atoms with van der Waals surface area (Å²) in [4.78, 5) is 22.1. The van der Waals surface area contributed by atoms with Crippen molar-refractivity contribution in [2.75, 3.05) is 7.11 Å². The van der Waals surface area contributed by atoms with E-state index in [1.54, 1.807) is 0 Å². The average molecular weight is 212 g/mol. The monoisotopic (exact) mass is 212 g/mol. The number of carbonyl (C=O) groups is 2. The second-order valence-electron chi connectivity index (χ2n) is 3.70. The molecule has 1 N–H and O–H groups in total. The maximum atomic E-state index is 11.4. The molecular weight excluding hydrogens is 196 g/mol. The van der Waals surface area contributed by atoms with Crippen LogP contribution in [0.2, 0.25) is 0 Å². The Hall–Kier alpha value is -1.32. The van der Waals surface area contributed by atoms with Crippen LogP contribution in [0.25, 0.3) is 0 Å². The highest BCUT2D eigenvalue weighted by atomic mass is 16.5. The maximum absolute atomic E-state index is 11.4. The molecule has 0 aromatic rings. The van der Waals surface area contributed by atoms with Gasteiger partial charge < -0.3 is 9.84 Å². The van der Waals surface area contributed by atoms with E-state index < -0.39 is 17.9 Å². The van der Waals surface area contributed by atoms with E-state index >= 15 is 0 Å². The predicted molar refractivity (Wildman–Crippen MR) is 54.3 cm³/mol. The molecule has 0 bridgehead atoms. The Labute approximate surface area is 88.9 Å². The van der Waals surface area contributed by atoms with Gasteiger partial charge in [0.15, 0.2) is 0 Å². The number of rotatable bonds is 4. The molecule has 0 heterocycles. The molecule has 4 nitrogen and oxygen atoms in total. The molecule has 0 radical (unpaired) electrons. The highest BCUT2D eigenvalue weighted by Gasteiger charge is 2.26. The molecule has 0 aromatic carbocycles. The number of hydrogen-bond acceptors (Lipinski definition) is 3. The van der Waals surface area contributed by atoms with Gasteiger partial charge in [0.1, 0.15) is 0 Å². The zero-order valence-electron chi connectivity index (χ0n) is 8.86. The Morgan fingerprint density at radius 2 is 2.27 bits per heavy atom. The van der Waals surface area contributed by atoms with Gasteiger partial charge in [0.25, 0.3) is 0 Å². The molecule has 1 unspecified atom stereocenters. The first-order valence-corrected chi connectivity index (χ1v) is 5.13. The summed E-state index contributed by atoms with van der Waals surface area (Å²) in [6.45, 7) is 0. The molecule has 0 aromatic heterocycles. The summed E-state index contributed by atoms with van der Waals surface area (Å²) in [6, 6.07) is 0. The number of methoxy groups -OCH3 is 1. The largest absolute Gasteiger partial charge is 0.481 e. The summed E-state index contributed by atoms with van der Waals surface area (Å²) >= 11 is 0. The fourth-order valence-electron chi connectivity index (χ4n) is 1.86. The van der Waals surface area contributed by atoms with Crippen molar-refractivity contribution in [2.45, 2.75) is 32.1 Å². The van der Waals surface area contributed by atoms with Crippen LogP contribution in [0.1, 0.15) is 32.1 Å². The van der Waals surface area contributed by atoms with Gasteiger partial charge in [-0.2, -0.15) is 0 Å². The summed E-state index contributed by atoms with van der Waals surface area (Å²) in [6.07, 6.45) is 5.70. The predicted octanol–water partition coefficient (Wildman–Crippen LogP) is 1.75. The van der Waals surface area contributed by atoms with Crippen molar-refractivity contribution < 1.29 is 19.4 Å². The van der Waals surface area contributed by atoms with Crippen LogP contribution in [-0.2, 0) is 14.3 Å². The zero-order valence-corrected chi connectivity index (χ0v) is 8.86. The Morgan fingerprint density at radius 1 is 1.53 bits per heavy atom. The summed E-state index contributed by atoms with van der Waals surface area (Å²) in [5.74, 6) is -1.99. The average Bonchev–Trinajstić information content (AvgIpc) is 2.26. The molecule has 0 saturated heterocycles. The molecule has 1 atom stereocenters. The standard InChI is InChI=1S/C11H16O4/c1-15-11(14)9(7-10(12)13)8-5-3-2-4-6-8/h5,9H,2-4,6-7H2,1H3,(H,12,13). The number of carbonyl (C=O) groups excluding carboxylic acids is 1. The van der Waals surface area contributed by atoms with Gasteiger partial charge in [-0.1, -0.05) is 11.6 Å². The van der Waals surface area contributed by atoms with Gasteiger partial charge in [0.2, 0.25) is 0 Å². The lowest BCUT2D eigenvalue weighted by Crippen LogP contribution is -2.22. The van der Waals surface area contributed by atoms with E-state index in [-0.39, 0.29) is 6.42 Å². The van der Waals surface area contributed by atoms with Crippen molar-refractivity contribution in [2.24, 2.45) is 5.92 Å². The molecule has 1 aliphatic rings. The third-order valence-corrected chi connectivity index (χ3v) is 2.64. The smallest absolute Gasteiger partial charge is 0.313 e. The number of carboxylic acid groups (broad SMARTS) is 1. The minimum absolute atomic E-state index is 0.168. The molecule has 4 heteroatoms. The van der Waals surface area contributed by atoms with Gasteiger partial charge >= 0.3 is 11.9 Å². The quantitative estimate of drug-likeness (QED) is 0.569. The van der Waals surface area contributed by atoms with Crippen molar-refractivity contribution in [3.63, 3.8) is 0 Å². The Bertz CT molecular complexity index is 280. The second-order valence-corrected chi connectivity index (χ2v) is 3.70. The molecule has 0 fully saturated rings. The van der Waals surface area contributed by atoms with Gasteiger partial charge in [-0.25, -0.2) is 0 Å². The summed E-state index contributed by atoms with van der Waals surface area (Å²) < 4.78 is 4.62. The Kier molecular flexibility index (Phi) is 4.34. The number of ether oxygens (including phenoxy) is 1. The summed E-state index contributed by atoms with van der Waals surface area (Å²) in [5.41, 5.74) is 0.926. The maximum Gasteiger partial charge on any atom is 0.313 e. The first-order valence-electron chi connectivity index (χ1n) is 5.13. The number of hydrogen-bond donors (Lipinski definition) is 1. The lowest BCUT2D eigenvalue weighted by atomic mass is 9.87. The molecule has 84 valence electrons. The van der Waals surface area contributed by atoms with Crippen LogP contribution in [0.5, 0.6) is 0 Å². The lowest BCUT2D eigenvalue weighted by Gasteiger charge is -2.19. The minimum Gasteiger partial charge on any atom is -0.481 e. The van der Waals surface area contributed by atoms with Gasteiger partial charge in [-0.05, 0) is 25.7 Å². The molecule has 0 aliphatic heterocycles. The zero-order chi connectivity index (χ0) is 11.3. The van der Waals surface area contributed by atoms with E-state index in [1.165, 1.54) is 7.11 Å². The van der Waals surface area contributed by atoms with Crippen LogP contribution in [0, 0.1) is 5.92 Å². The number of aliphatic carboxylic acids is 1. The van der Waals surface area contributed by atoms with E-state index in [4.69, 9.17) is 5.11 Å². The van der Waals surface area contributed by atoms with Crippen LogP contribution in [0.3, 0.4) is 0 Å². The van der Waals surface area contributed by atoms with E-state index in [2.05, 4.69) is 4.74 Å². The minimum atomic E-state index is -0.961. The summed E-state index contributed by atoms with van der Waals surface area (Å²) in [7, 11) is 1.29. The molecule has 0 amide bonds. The molecule has 15 heavy (non-hydrogen) atoms. The van der Waals surface area contributed by atoms with Crippen LogP contribution >= 0.6 is 0 Å².